The fraction of sp³-hybridized carbons (Fsp3) is 0.469. The number of halogens is 1. The van der Waals surface area contributed by atoms with E-state index in [2.05, 4.69) is 27.7 Å². The summed E-state index contributed by atoms with van der Waals surface area (Å²) in [6.07, 6.45) is 8.38. The van der Waals surface area contributed by atoms with Crippen molar-refractivity contribution in [2.45, 2.75) is 62.4 Å². The molecule has 2 aromatic rings. The lowest BCUT2D eigenvalue weighted by atomic mass is 9.74. The maximum Gasteiger partial charge on any atom is 0.246 e. The van der Waals surface area contributed by atoms with Gasteiger partial charge in [-0.15, -0.1) is 0 Å². The summed E-state index contributed by atoms with van der Waals surface area (Å²) in [6, 6.07) is 16.3. The minimum Gasteiger partial charge on any atom is -0.359 e. The van der Waals surface area contributed by atoms with Crippen molar-refractivity contribution in [2.75, 3.05) is 25.5 Å². The van der Waals surface area contributed by atoms with Gasteiger partial charge in [0.25, 0.3) is 0 Å². The number of hydrogen-bond acceptors (Lipinski definition) is 5. The maximum absolute atomic E-state index is 14.2. The van der Waals surface area contributed by atoms with Crippen molar-refractivity contribution < 1.29 is 19.1 Å². The number of carbonyl (C=O) groups excluding carboxylic acids is 3. The third kappa shape index (κ3) is 5.41. The number of rotatable bonds is 9. The van der Waals surface area contributed by atoms with E-state index in [-0.39, 0.29) is 23.8 Å². The molecule has 41 heavy (non-hydrogen) atoms. The Morgan fingerprint density at radius 2 is 1.78 bits per heavy atom. The molecule has 2 N–H and O–H groups in total. The van der Waals surface area contributed by atoms with Gasteiger partial charge in [0.15, 0.2) is 0 Å². The molecule has 0 radical (unpaired) electrons. The summed E-state index contributed by atoms with van der Waals surface area (Å²) in [7, 11) is 2.01. The smallest absolute Gasteiger partial charge is 0.246 e. The van der Waals surface area contributed by atoms with Gasteiger partial charge in [0.2, 0.25) is 17.7 Å². The summed E-state index contributed by atoms with van der Waals surface area (Å²) in [5.41, 5.74) is 0.603. The number of likely N-dealkylation sites (tertiary alicyclic amines) is 1. The molecule has 4 aliphatic rings. The lowest BCUT2D eigenvalue weighted by Crippen LogP contribution is -2.57. The molecule has 3 aliphatic heterocycles. The van der Waals surface area contributed by atoms with Crippen molar-refractivity contribution in [3.8, 4) is 0 Å². The molecule has 1 aliphatic carbocycles. The van der Waals surface area contributed by atoms with Crippen LogP contribution in [0.1, 0.15) is 37.7 Å². The number of ether oxygens (including phenoxy) is 1. The first-order valence-corrected chi connectivity index (χ1v) is 15.0. The molecule has 216 valence electrons. The minimum atomic E-state index is -1.17. The summed E-state index contributed by atoms with van der Waals surface area (Å²) in [5.74, 6) is -2.20. The fourth-order valence-electron chi connectivity index (χ4n) is 7.05. The van der Waals surface area contributed by atoms with Crippen LogP contribution >= 0.6 is 11.6 Å². The Hall–Kier alpha value is -3.20. The zero-order chi connectivity index (χ0) is 28.6. The Kier molecular flexibility index (Phi) is 7.90. The Morgan fingerprint density at radius 1 is 1.05 bits per heavy atom. The Balaban J connectivity index is 1.24. The molecule has 5 unspecified atom stereocenters. The molecule has 2 saturated heterocycles. The molecule has 1 spiro atoms. The van der Waals surface area contributed by atoms with E-state index in [9.17, 15) is 14.4 Å². The van der Waals surface area contributed by atoms with E-state index in [0.717, 1.165) is 32.2 Å². The number of nitrogens with one attached hydrogen (secondary N) is 2. The molecule has 1 saturated carbocycles. The average molecular weight is 577 g/mol. The third-order valence-corrected chi connectivity index (χ3v) is 9.26. The average Bonchev–Trinajstić information content (AvgIpc) is 3.61. The van der Waals surface area contributed by atoms with Crippen molar-refractivity contribution >= 4 is 35.0 Å². The normalized spacial score (nSPS) is 28.8. The second-order valence-corrected chi connectivity index (χ2v) is 12.2. The topological polar surface area (TPSA) is 91.0 Å². The van der Waals surface area contributed by atoms with Crippen LogP contribution in [-0.4, -0.2) is 71.4 Å². The highest BCUT2D eigenvalue weighted by molar-refractivity contribution is 6.30. The monoisotopic (exact) mass is 576 g/mol. The number of benzene rings is 2. The molecule has 3 heterocycles. The second kappa shape index (κ2) is 11.6. The predicted octanol–water partition coefficient (Wildman–Crippen LogP) is 4.01. The van der Waals surface area contributed by atoms with Gasteiger partial charge in [-0.2, -0.15) is 0 Å². The first-order chi connectivity index (χ1) is 19.9. The van der Waals surface area contributed by atoms with Crippen molar-refractivity contribution in [1.29, 1.82) is 0 Å². The van der Waals surface area contributed by atoms with Gasteiger partial charge in [-0.3, -0.25) is 14.4 Å². The van der Waals surface area contributed by atoms with E-state index in [4.69, 9.17) is 16.3 Å². The van der Waals surface area contributed by atoms with Gasteiger partial charge >= 0.3 is 0 Å². The van der Waals surface area contributed by atoms with Crippen molar-refractivity contribution in [3.63, 3.8) is 0 Å². The standard InChI is InChI=1S/C32H37ClN4O4/c1-36(20-21-8-4-2-5-9-21)18-19-37-28(30(39)35-23-10-6-3-7-11-23)32-17-16-25(41-32)26(27(32)31(37)40)29(38)34-24-14-12-22(33)13-15-24/h2,4-5,8-9,12-17,23,25-28H,3,6-7,10-11,18-20H2,1H3,(H,34,38)(H,35,39). The lowest BCUT2D eigenvalue weighted by Gasteiger charge is -2.34. The van der Waals surface area contributed by atoms with Gasteiger partial charge in [0.05, 0.1) is 17.9 Å². The van der Waals surface area contributed by atoms with E-state index < -0.39 is 29.6 Å². The van der Waals surface area contributed by atoms with Crippen LogP contribution < -0.4 is 10.6 Å². The van der Waals surface area contributed by atoms with E-state index >= 15 is 0 Å². The number of fused-ring (bicyclic) bond motifs is 1. The Labute approximate surface area is 246 Å². The molecule has 0 aromatic heterocycles. The Bertz CT molecular complexity index is 1310. The number of anilines is 1. The summed E-state index contributed by atoms with van der Waals surface area (Å²) >= 11 is 6.01. The van der Waals surface area contributed by atoms with Gasteiger partial charge in [-0.1, -0.05) is 73.3 Å². The van der Waals surface area contributed by atoms with Gasteiger partial charge in [0.1, 0.15) is 11.6 Å². The molecule has 9 heteroatoms. The van der Waals surface area contributed by atoms with Crippen LogP contribution in [0.3, 0.4) is 0 Å². The van der Waals surface area contributed by atoms with Crippen molar-refractivity contribution in [3.05, 3.63) is 77.3 Å². The van der Waals surface area contributed by atoms with Crippen LogP contribution in [-0.2, 0) is 25.7 Å². The van der Waals surface area contributed by atoms with Gasteiger partial charge < -0.3 is 25.2 Å². The van der Waals surface area contributed by atoms with E-state index in [0.29, 0.717) is 23.8 Å². The first kappa shape index (κ1) is 27.9. The lowest BCUT2D eigenvalue weighted by molar-refractivity contribution is -0.141. The molecule has 3 amide bonds. The highest BCUT2D eigenvalue weighted by Gasteiger charge is 2.72. The summed E-state index contributed by atoms with van der Waals surface area (Å²) in [5, 5.41) is 6.75. The Morgan fingerprint density at radius 3 is 2.51 bits per heavy atom. The molecule has 2 aromatic carbocycles. The molecule has 5 atom stereocenters. The van der Waals surface area contributed by atoms with Crippen LogP contribution in [0.5, 0.6) is 0 Å². The number of hydrogen-bond donors (Lipinski definition) is 2. The molecule has 8 nitrogen and oxygen atoms in total. The fourth-order valence-corrected chi connectivity index (χ4v) is 7.17. The quantitative estimate of drug-likeness (QED) is 0.440. The van der Waals surface area contributed by atoms with Gasteiger partial charge in [-0.25, -0.2) is 0 Å². The molecule has 3 fully saturated rings. The summed E-state index contributed by atoms with van der Waals surface area (Å²) in [4.78, 5) is 45.6. The second-order valence-electron chi connectivity index (χ2n) is 11.8. The summed E-state index contributed by atoms with van der Waals surface area (Å²) < 4.78 is 6.47. The number of likely N-dealkylation sites (N-methyl/N-ethyl adjacent to an activating group) is 1. The SMILES string of the molecule is CN(CCN1C(=O)C2C(C(=O)Nc3ccc(Cl)cc3)C3C=CC2(O3)C1C(=O)NC1CCCCC1)Cc1ccccc1. The number of nitrogens with zero attached hydrogens (tertiary/aromatic N) is 2. The van der Waals surface area contributed by atoms with Crippen molar-refractivity contribution in [2.24, 2.45) is 11.8 Å². The predicted molar refractivity (Wildman–Crippen MR) is 157 cm³/mol. The highest BCUT2D eigenvalue weighted by Crippen LogP contribution is 2.55. The van der Waals surface area contributed by atoms with Crippen LogP contribution in [0.2, 0.25) is 5.02 Å². The third-order valence-electron chi connectivity index (χ3n) is 9.01. The van der Waals surface area contributed by atoms with Crippen LogP contribution in [0.4, 0.5) is 5.69 Å². The van der Waals surface area contributed by atoms with E-state index in [1.165, 1.54) is 12.0 Å². The highest BCUT2D eigenvalue weighted by atomic mass is 35.5. The van der Waals surface area contributed by atoms with Crippen LogP contribution in [0.25, 0.3) is 0 Å². The number of carbonyl (C=O) groups is 3. The van der Waals surface area contributed by atoms with Crippen LogP contribution in [0, 0.1) is 11.8 Å². The largest absolute Gasteiger partial charge is 0.359 e. The molecule has 2 bridgehead atoms. The zero-order valence-electron chi connectivity index (χ0n) is 23.3. The molecular formula is C32H37ClN4O4. The molecular weight excluding hydrogens is 540 g/mol. The van der Waals surface area contributed by atoms with Gasteiger partial charge in [0, 0.05) is 36.4 Å². The number of amides is 3. The van der Waals surface area contributed by atoms with Crippen LogP contribution in [0.15, 0.2) is 66.7 Å². The summed E-state index contributed by atoms with van der Waals surface area (Å²) in [6.45, 7) is 1.66. The van der Waals surface area contributed by atoms with Gasteiger partial charge in [-0.05, 0) is 49.7 Å². The molecule has 6 rings (SSSR count). The zero-order valence-corrected chi connectivity index (χ0v) is 24.1. The van der Waals surface area contributed by atoms with E-state index in [1.807, 2.05) is 37.4 Å². The maximum atomic E-state index is 14.2. The van der Waals surface area contributed by atoms with E-state index in [1.54, 1.807) is 29.2 Å². The van der Waals surface area contributed by atoms with Crippen molar-refractivity contribution in [1.82, 2.24) is 15.1 Å². The minimum absolute atomic E-state index is 0.0935. The first-order valence-electron chi connectivity index (χ1n) is 14.6.